The van der Waals surface area contributed by atoms with Crippen LogP contribution in [0.15, 0.2) is 54.7 Å². The number of carboxylic acid groups (broad SMARTS) is 1. The lowest BCUT2D eigenvalue weighted by Gasteiger charge is -2.59. The minimum Gasteiger partial charge on any atom is -0.481 e. The highest BCUT2D eigenvalue weighted by Gasteiger charge is 2.61. The zero-order chi connectivity index (χ0) is 23.5. The maximum atomic E-state index is 12.1. The van der Waals surface area contributed by atoms with Crippen molar-refractivity contribution in [2.45, 2.75) is 71.3 Å². The molecular formula is C29H37N3O2. The van der Waals surface area contributed by atoms with Crippen LogP contribution < -0.4 is 5.32 Å². The first-order valence-corrected chi connectivity index (χ1v) is 13.2. The van der Waals surface area contributed by atoms with Crippen LogP contribution in [-0.4, -0.2) is 20.6 Å². The predicted molar refractivity (Wildman–Crippen MR) is 133 cm³/mol. The summed E-state index contributed by atoms with van der Waals surface area (Å²) in [7, 11) is 0. The second kappa shape index (κ2) is 8.00. The van der Waals surface area contributed by atoms with Crippen LogP contribution in [0.1, 0.15) is 76.9 Å². The van der Waals surface area contributed by atoms with Gasteiger partial charge in [0, 0.05) is 23.9 Å². The topological polar surface area (TPSA) is 67.2 Å². The van der Waals surface area contributed by atoms with Crippen LogP contribution in [0, 0.1) is 34.5 Å². The molecule has 5 aliphatic rings. The molecule has 0 amide bonds. The first-order valence-electron chi connectivity index (χ1n) is 13.2. The molecule has 5 nitrogen and oxygen atoms in total. The number of nitrogens with one attached hydrogen (secondary N) is 1. The number of aromatic nitrogens is 2. The van der Waals surface area contributed by atoms with Crippen molar-refractivity contribution in [2.24, 2.45) is 34.5 Å². The van der Waals surface area contributed by atoms with Crippen LogP contribution in [0.3, 0.4) is 0 Å². The fraction of sp³-hybridized carbons (Fsp3) is 0.586. The Morgan fingerprint density at radius 1 is 1.15 bits per heavy atom. The van der Waals surface area contributed by atoms with Crippen LogP contribution in [0.5, 0.6) is 0 Å². The molecular weight excluding hydrogens is 422 g/mol. The molecule has 180 valence electrons. The van der Waals surface area contributed by atoms with Crippen LogP contribution in [-0.2, 0) is 4.79 Å². The van der Waals surface area contributed by atoms with Gasteiger partial charge < -0.3 is 15.0 Å². The first-order chi connectivity index (χ1) is 16.4. The molecule has 7 atom stereocenters. The van der Waals surface area contributed by atoms with Gasteiger partial charge in [-0.3, -0.25) is 4.79 Å². The lowest BCUT2D eigenvalue weighted by Crippen LogP contribution is -2.53. The van der Waals surface area contributed by atoms with Crippen molar-refractivity contribution in [3.8, 4) is 0 Å². The van der Waals surface area contributed by atoms with Gasteiger partial charge in [0.2, 0.25) is 0 Å². The number of carboxylic acids is 1. The Balaban J connectivity index is 1.34. The van der Waals surface area contributed by atoms with Crippen LogP contribution in [0.4, 0.5) is 0 Å². The number of fused-ring (bicyclic) bond motifs is 5. The van der Waals surface area contributed by atoms with Gasteiger partial charge in [-0.1, -0.05) is 37.6 Å². The number of hydrogen-bond acceptors (Lipinski definition) is 3. The third kappa shape index (κ3) is 3.11. The summed E-state index contributed by atoms with van der Waals surface area (Å²) in [4.78, 5) is 16.9. The molecule has 1 aromatic heterocycles. The maximum absolute atomic E-state index is 12.1. The average Bonchev–Trinajstić information content (AvgIpc) is 3.34. The molecule has 1 aromatic rings. The van der Waals surface area contributed by atoms with E-state index in [2.05, 4.69) is 42.1 Å². The van der Waals surface area contributed by atoms with E-state index in [0.717, 1.165) is 43.5 Å². The Kier molecular flexibility index (Phi) is 5.16. The summed E-state index contributed by atoms with van der Waals surface area (Å²) in [6, 6.07) is 0.403. The molecule has 6 rings (SSSR count). The largest absolute Gasteiger partial charge is 0.481 e. The van der Waals surface area contributed by atoms with E-state index in [0.29, 0.717) is 23.8 Å². The summed E-state index contributed by atoms with van der Waals surface area (Å²) < 4.78 is 2.40. The molecule has 2 N–H and O–H groups in total. The minimum atomic E-state index is -0.575. The summed E-state index contributed by atoms with van der Waals surface area (Å²) in [5.74, 6) is 1.01. The molecule has 0 saturated heterocycles. The molecule has 3 fully saturated rings. The molecule has 0 spiro atoms. The third-order valence-corrected chi connectivity index (χ3v) is 10.5. The molecule has 3 saturated carbocycles. The van der Waals surface area contributed by atoms with Crippen molar-refractivity contribution in [1.29, 1.82) is 0 Å². The van der Waals surface area contributed by atoms with Crippen LogP contribution in [0.25, 0.3) is 5.70 Å². The van der Waals surface area contributed by atoms with Gasteiger partial charge in [-0.2, -0.15) is 0 Å². The number of nitrogens with zero attached hydrogens (tertiary/aromatic N) is 2. The zero-order valence-corrected chi connectivity index (χ0v) is 20.4. The van der Waals surface area contributed by atoms with E-state index in [1.165, 1.54) is 19.3 Å². The van der Waals surface area contributed by atoms with Crippen molar-refractivity contribution in [3.05, 3.63) is 60.4 Å². The average molecular weight is 460 g/mol. The van der Waals surface area contributed by atoms with E-state index in [1.54, 1.807) is 5.57 Å². The molecule has 34 heavy (non-hydrogen) atoms. The van der Waals surface area contributed by atoms with E-state index in [9.17, 15) is 9.90 Å². The number of carbonyl (C=O) groups is 1. The van der Waals surface area contributed by atoms with Gasteiger partial charge in [0.25, 0.3) is 0 Å². The smallest absolute Gasteiger partial charge is 0.307 e. The Morgan fingerprint density at radius 2 is 2.03 bits per heavy atom. The molecule has 0 bridgehead atoms. The molecule has 5 heteroatoms. The normalized spacial score (nSPS) is 40.8. The Labute approximate surface area is 202 Å². The molecule has 1 unspecified atom stereocenters. The van der Waals surface area contributed by atoms with Gasteiger partial charge in [0.15, 0.2) is 0 Å². The van der Waals surface area contributed by atoms with Gasteiger partial charge in [-0.15, -0.1) is 0 Å². The Hall–Kier alpha value is -2.56. The van der Waals surface area contributed by atoms with E-state index < -0.39 is 5.97 Å². The number of allylic oxidation sites excluding steroid dienone is 6. The fourth-order valence-corrected chi connectivity index (χ4v) is 8.84. The molecule has 4 aliphatic carbocycles. The lowest BCUT2D eigenvalue weighted by molar-refractivity contribution is -0.149. The number of rotatable bonds is 3. The van der Waals surface area contributed by atoms with Gasteiger partial charge in [-0.25, -0.2) is 4.98 Å². The van der Waals surface area contributed by atoms with Crippen molar-refractivity contribution in [1.82, 2.24) is 14.9 Å². The van der Waals surface area contributed by atoms with Crippen molar-refractivity contribution in [3.63, 3.8) is 0 Å². The summed E-state index contributed by atoms with van der Waals surface area (Å²) in [5, 5.41) is 13.3. The quantitative estimate of drug-likeness (QED) is 0.536. The van der Waals surface area contributed by atoms with Crippen molar-refractivity contribution in [2.75, 3.05) is 0 Å². The van der Waals surface area contributed by atoms with E-state index >= 15 is 0 Å². The SMILES string of the molecule is C[C@]12CC[C@H]3[C@@H](CC=C4CCCC(n5cnc(C6=CC=CC=CN6)c5)[C@@]43C)[C@@H]1CC[C@@H]2C(=O)O. The van der Waals surface area contributed by atoms with Gasteiger partial charge in [0.05, 0.1) is 17.9 Å². The summed E-state index contributed by atoms with van der Waals surface area (Å²) in [6.07, 6.45) is 25.8. The van der Waals surface area contributed by atoms with Crippen molar-refractivity contribution < 1.29 is 9.90 Å². The summed E-state index contributed by atoms with van der Waals surface area (Å²) >= 11 is 0. The monoisotopic (exact) mass is 459 g/mol. The number of imidazole rings is 1. The fourth-order valence-electron chi connectivity index (χ4n) is 8.84. The van der Waals surface area contributed by atoms with E-state index in [-0.39, 0.29) is 16.7 Å². The highest BCUT2D eigenvalue weighted by molar-refractivity contribution is 5.71. The number of aliphatic carboxylic acids is 1. The Morgan fingerprint density at radius 3 is 2.88 bits per heavy atom. The first kappa shape index (κ1) is 21.9. The summed E-state index contributed by atoms with van der Waals surface area (Å²) in [5.41, 5.74) is 3.74. The van der Waals surface area contributed by atoms with Gasteiger partial charge in [-0.05, 0) is 86.7 Å². The molecule has 0 radical (unpaired) electrons. The van der Waals surface area contributed by atoms with Crippen LogP contribution >= 0.6 is 0 Å². The predicted octanol–water partition coefficient (Wildman–Crippen LogP) is 6.10. The second-order valence-electron chi connectivity index (χ2n) is 11.7. The van der Waals surface area contributed by atoms with Gasteiger partial charge >= 0.3 is 5.97 Å². The van der Waals surface area contributed by atoms with E-state index in [4.69, 9.17) is 4.98 Å². The van der Waals surface area contributed by atoms with Crippen LogP contribution in [0.2, 0.25) is 0 Å². The van der Waals surface area contributed by atoms with Gasteiger partial charge in [0.1, 0.15) is 5.69 Å². The maximum Gasteiger partial charge on any atom is 0.307 e. The van der Waals surface area contributed by atoms with Crippen molar-refractivity contribution >= 4 is 11.7 Å². The highest BCUT2D eigenvalue weighted by atomic mass is 16.4. The standard InChI is InChI=1S/C29H37N3O2/c1-28-15-14-22-20(21(28)12-13-23(28)27(33)34)11-10-19-7-6-9-26(29(19,22)2)32-17-25(31-18-32)24-8-4-3-5-16-30-24/h3-5,8,10,16-18,20-23,26,30H,6-7,9,11-15H2,1-2H3,(H,33,34)/t20-,21-,22-,23+,26?,28-,29-/m0/s1. The minimum absolute atomic E-state index is 0.0420. The zero-order valence-electron chi connectivity index (χ0n) is 20.4. The Bertz CT molecular complexity index is 1110. The highest BCUT2D eigenvalue weighted by Crippen LogP contribution is 2.67. The number of hydrogen-bond donors (Lipinski definition) is 2. The molecule has 2 heterocycles. The van der Waals surface area contributed by atoms with E-state index in [1.807, 2.05) is 30.8 Å². The molecule has 0 aromatic carbocycles. The lowest BCUT2D eigenvalue weighted by atomic mass is 9.46. The summed E-state index contributed by atoms with van der Waals surface area (Å²) in [6.45, 7) is 4.82. The third-order valence-electron chi connectivity index (χ3n) is 10.5. The molecule has 1 aliphatic heterocycles. The second-order valence-corrected chi connectivity index (χ2v) is 11.7.